The number of anilines is 1. The van der Waals surface area contributed by atoms with Gasteiger partial charge in [-0.25, -0.2) is 4.98 Å². The van der Waals surface area contributed by atoms with E-state index in [9.17, 15) is 0 Å². The van der Waals surface area contributed by atoms with Crippen LogP contribution in [-0.2, 0) is 11.4 Å². The van der Waals surface area contributed by atoms with Gasteiger partial charge in [-0.3, -0.25) is 4.98 Å². The molecule has 6 heteroatoms. The average Bonchev–Trinajstić information content (AvgIpc) is 2.93. The molecular weight excluding hydrogens is 296 g/mol. The molecule has 0 fully saturated rings. The lowest BCUT2D eigenvalue weighted by Gasteiger charge is -2.02. The number of hydrogen-bond donors (Lipinski definition) is 1. The van der Waals surface area contributed by atoms with Gasteiger partial charge in [-0.15, -0.1) is 0 Å². The average molecular weight is 318 g/mol. The number of pyridine rings is 1. The Morgan fingerprint density at radius 2 is 2.18 bits per heavy atom. The van der Waals surface area contributed by atoms with Gasteiger partial charge in [0.1, 0.15) is 6.61 Å². The summed E-state index contributed by atoms with van der Waals surface area (Å²) >= 11 is 1.43. The highest BCUT2D eigenvalue weighted by atomic mass is 32.1. The molecule has 2 heterocycles. The zero-order valence-electron chi connectivity index (χ0n) is 13.0. The molecule has 0 bridgehead atoms. The molecule has 118 valence electrons. The lowest BCUT2D eigenvalue weighted by Crippen LogP contribution is -1.91. The van der Waals surface area contributed by atoms with Crippen LogP contribution in [-0.4, -0.2) is 16.2 Å². The van der Waals surface area contributed by atoms with Crippen molar-refractivity contribution in [2.45, 2.75) is 39.7 Å². The summed E-state index contributed by atoms with van der Waals surface area (Å²) in [6.07, 6.45) is 8.70. The highest BCUT2D eigenvalue weighted by molar-refractivity contribution is 7.18. The lowest BCUT2D eigenvalue weighted by atomic mass is 10.1. The minimum atomic E-state index is 0.429. The van der Waals surface area contributed by atoms with Crippen LogP contribution < -0.4 is 5.73 Å². The van der Waals surface area contributed by atoms with Crippen molar-refractivity contribution in [2.24, 2.45) is 11.1 Å². The smallest absolute Gasteiger partial charge is 0.180 e. The van der Waals surface area contributed by atoms with Gasteiger partial charge in [0.25, 0.3) is 0 Å². The molecule has 0 saturated heterocycles. The van der Waals surface area contributed by atoms with Crippen LogP contribution in [0.5, 0.6) is 0 Å². The molecule has 2 N–H and O–H groups in total. The standard InChI is InChI=1S/C16H22N4OS/c1-12(2)5-3-4-8-20-21-11-13-6-7-14(18-9-13)15-10-19-16(17)22-15/h6-10,12H,3-5,11H2,1-2H3,(H2,17,19)/b20-8+. The summed E-state index contributed by atoms with van der Waals surface area (Å²) < 4.78 is 0. The van der Waals surface area contributed by atoms with Gasteiger partial charge in [0.05, 0.1) is 10.6 Å². The maximum absolute atomic E-state index is 5.62. The SMILES string of the molecule is CC(C)CCC/C=N/OCc1ccc(-c2cnc(N)s2)nc1. The molecule has 0 unspecified atom stereocenters. The van der Waals surface area contributed by atoms with E-state index in [1.165, 1.54) is 17.8 Å². The molecular formula is C16H22N4OS. The van der Waals surface area contributed by atoms with E-state index in [4.69, 9.17) is 10.6 Å². The van der Waals surface area contributed by atoms with Crippen LogP contribution in [0.1, 0.15) is 38.7 Å². The van der Waals surface area contributed by atoms with Crippen LogP contribution in [0.25, 0.3) is 10.6 Å². The van der Waals surface area contributed by atoms with Gasteiger partial charge in [0.2, 0.25) is 0 Å². The first-order valence-electron chi connectivity index (χ1n) is 7.45. The topological polar surface area (TPSA) is 73.4 Å². The molecule has 0 saturated carbocycles. The van der Waals surface area contributed by atoms with Crippen molar-refractivity contribution in [1.82, 2.24) is 9.97 Å². The highest BCUT2D eigenvalue weighted by Gasteiger charge is 2.03. The van der Waals surface area contributed by atoms with Crippen molar-refractivity contribution in [3.8, 4) is 10.6 Å². The molecule has 0 aromatic carbocycles. The summed E-state index contributed by atoms with van der Waals surface area (Å²) in [5.41, 5.74) is 7.48. The van der Waals surface area contributed by atoms with E-state index >= 15 is 0 Å². The van der Waals surface area contributed by atoms with Crippen LogP contribution in [0.15, 0.2) is 29.7 Å². The van der Waals surface area contributed by atoms with Crippen LogP contribution >= 0.6 is 11.3 Å². The maximum Gasteiger partial charge on any atom is 0.180 e. The minimum absolute atomic E-state index is 0.429. The van der Waals surface area contributed by atoms with Gasteiger partial charge in [0, 0.05) is 24.2 Å². The molecule has 0 aliphatic heterocycles. The Morgan fingerprint density at radius 3 is 2.82 bits per heavy atom. The number of hydrogen-bond acceptors (Lipinski definition) is 6. The Bertz CT molecular complexity index is 592. The summed E-state index contributed by atoms with van der Waals surface area (Å²) in [7, 11) is 0. The fourth-order valence-corrected chi connectivity index (χ4v) is 2.56. The molecule has 2 aromatic heterocycles. The lowest BCUT2D eigenvalue weighted by molar-refractivity contribution is 0.131. The first kappa shape index (κ1) is 16.4. The largest absolute Gasteiger partial charge is 0.391 e. The van der Waals surface area contributed by atoms with Crippen LogP contribution in [0.3, 0.4) is 0 Å². The summed E-state index contributed by atoms with van der Waals surface area (Å²) in [4.78, 5) is 14.7. The highest BCUT2D eigenvalue weighted by Crippen LogP contribution is 2.25. The monoisotopic (exact) mass is 318 g/mol. The zero-order chi connectivity index (χ0) is 15.8. The molecule has 0 spiro atoms. The van der Waals surface area contributed by atoms with Crippen molar-refractivity contribution in [3.63, 3.8) is 0 Å². The van der Waals surface area contributed by atoms with Gasteiger partial charge >= 0.3 is 0 Å². The number of nitrogens with two attached hydrogens (primary N) is 1. The van der Waals surface area contributed by atoms with E-state index in [1.807, 2.05) is 18.3 Å². The predicted molar refractivity (Wildman–Crippen MR) is 91.7 cm³/mol. The number of nitrogens with zero attached hydrogens (tertiary/aromatic N) is 3. The van der Waals surface area contributed by atoms with Crippen molar-refractivity contribution >= 4 is 22.7 Å². The Balaban J connectivity index is 1.74. The van der Waals surface area contributed by atoms with E-state index < -0.39 is 0 Å². The second-order valence-corrected chi connectivity index (χ2v) is 6.56. The van der Waals surface area contributed by atoms with Gasteiger partial charge < -0.3 is 10.6 Å². The van der Waals surface area contributed by atoms with E-state index in [2.05, 4.69) is 29.0 Å². The van der Waals surface area contributed by atoms with Crippen molar-refractivity contribution in [3.05, 3.63) is 30.1 Å². The second kappa shape index (κ2) is 8.48. The van der Waals surface area contributed by atoms with Gasteiger partial charge in [-0.05, 0) is 24.8 Å². The van der Waals surface area contributed by atoms with Crippen molar-refractivity contribution in [2.75, 3.05) is 5.73 Å². The molecule has 0 aliphatic carbocycles. The van der Waals surface area contributed by atoms with E-state index in [0.29, 0.717) is 11.7 Å². The number of oxime groups is 1. The van der Waals surface area contributed by atoms with Crippen molar-refractivity contribution < 1.29 is 4.84 Å². The normalized spacial score (nSPS) is 11.4. The fourth-order valence-electron chi connectivity index (χ4n) is 1.90. The zero-order valence-corrected chi connectivity index (χ0v) is 13.8. The molecule has 0 radical (unpaired) electrons. The van der Waals surface area contributed by atoms with E-state index in [1.54, 1.807) is 12.4 Å². The van der Waals surface area contributed by atoms with E-state index in [-0.39, 0.29) is 0 Å². The third kappa shape index (κ3) is 5.44. The number of rotatable bonds is 8. The summed E-state index contributed by atoms with van der Waals surface area (Å²) in [5, 5.41) is 4.52. The van der Waals surface area contributed by atoms with Gasteiger partial charge in [-0.1, -0.05) is 42.8 Å². The number of thiazole rings is 1. The fraction of sp³-hybridized carbons (Fsp3) is 0.438. The van der Waals surface area contributed by atoms with Gasteiger partial charge in [-0.2, -0.15) is 0 Å². The molecule has 0 atom stereocenters. The molecule has 2 rings (SSSR count). The molecule has 0 aliphatic rings. The third-order valence-electron chi connectivity index (χ3n) is 3.10. The first-order chi connectivity index (χ1) is 10.6. The summed E-state index contributed by atoms with van der Waals surface area (Å²) in [6.45, 7) is 4.88. The third-order valence-corrected chi connectivity index (χ3v) is 3.94. The Labute approximate surface area is 135 Å². The van der Waals surface area contributed by atoms with Crippen LogP contribution in [0, 0.1) is 5.92 Å². The Hall–Kier alpha value is -1.95. The molecule has 0 amide bonds. The quantitative estimate of drug-likeness (QED) is 0.451. The minimum Gasteiger partial charge on any atom is -0.391 e. The number of aromatic nitrogens is 2. The van der Waals surface area contributed by atoms with Crippen LogP contribution in [0.4, 0.5) is 5.13 Å². The summed E-state index contributed by atoms with van der Waals surface area (Å²) in [6, 6.07) is 3.92. The second-order valence-electron chi connectivity index (χ2n) is 5.50. The molecule has 2 aromatic rings. The molecule has 5 nitrogen and oxygen atoms in total. The first-order valence-corrected chi connectivity index (χ1v) is 8.27. The Morgan fingerprint density at radius 1 is 1.32 bits per heavy atom. The van der Waals surface area contributed by atoms with Crippen LogP contribution in [0.2, 0.25) is 0 Å². The van der Waals surface area contributed by atoms with Crippen molar-refractivity contribution in [1.29, 1.82) is 0 Å². The Kier molecular flexibility index (Phi) is 6.33. The predicted octanol–water partition coefficient (Wildman–Crippen LogP) is 4.12. The maximum atomic E-state index is 5.62. The van der Waals surface area contributed by atoms with E-state index in [0.717, 1.165) is 34.9 Å². The number of unbranched alkanes of at least 4 members (excludes halogenated alkanes) is 1. The number of nitrogen functional groups attached to an aromatic ring is 1. The summed E-state index contributed by atoms with van der Waals surface area (Å²) in [5.74, 6) is 0.743. The molecule has 22 heavy (non-hydrogen) atoms. The van der Waals surface area contributed by atoms with Gasteiger partial charge in [0.15, 0.2) is 5.13 Å².